The molecule has 1 saturated heterocycles. The van der Waals surface area contributed by atoms with Crippen LogP contribution in [0.3, 0.4) is 0 Å². The predicted molar refractivity (Wildman–Crippen MR) is 98.9 cm³/mol. The third-order valence-electron chi connectivity index (χ3n) is 5.08. The summed E-state index contributed by atoms with van der Waals surface area (Å²) in [6.45, 7) is 3.46. The van der Waals surface area contributed by atoms with Crippen LogP contribution in [0.4, 0.5) is 5.69 Å². The van der Waals surface area contributed by atoms with Crippen molar-refractivity contribution in [3.63, 3.8) is 0 Å². The van der Waals surface area contributed by atoms with E-state index in [9.17, 15) is 4.79 Å². The smallest absolute Gasteiger partial charge is 0.250 e. The Morgan fingerprint density at radius 3 is 2.84 bits per heavy atom. The fourth-order valence-corrected chi connectivity index (χ4v) is 3.95. The minimum absolute atomic E-state index is 0.108. The van der Waals surface area contributed by atoms with Crippen LogP contribution in [0.5, 0.6) is 0 Å². The summed E-state index contributed by atoms with van der Waals surface area (Å²) in [7, 11) is 0. The second-order valence-corrected chi connectivity index (χ2v) is 6.49. The number of benzene rings is 1. The average molecular weight is 331 g/mol. The first-order chi connectivity index (χ1) is 12.3. The number of rotatable bonds is 2. The predicted octanol–water partition coefficient (Wildman–Crippen LogP) is 3.08. The van der Waals surface area contributed by atoms with E-state index in [1.165, 1.54) is 11.1 Å². The van der Waals surface area contributed by atoms with Gasteiger partial charge in [-0.1, -0.05) is 18.1 Å². The van der Waals surface area contributed by atoms with Crippen LogP contribution in [0, 0.1) is 12.0 Å². The van der Waals surface area contributed by atoms with Gasteiger partial charge in [0.05, 0.1) is 0 Å². The van der Waals surface area contributed by atoms with E-state index in [0.29, 0.717) is 0 Å². The normalized spacial score (nSPS) is 18.7. The molecule has 2 aliphatic rings. The van der Waals surface area contributed by atoms with E-state index in [0.717, 1.165) is 43.6 Å². The van der Waals surface area contributed by atoms with Crippen LogP contribution in [0.2, 0.25) is 0 Å². The number of pyridine rings is 1. The molecule has 126 valence electrons. The lowest BCUT2D eigenvalue weighted by Gasteiger charge is -2.26. The fraction of sp³-hybridized carbons (Fsp3) is 0.333. The van der Waals surface area contributed by atoms with Crippen LogP contribution in [-0.4, -0.2) is 34.9 Å². The van der Waals surface area contributed by atoms with E-state index in [-0.39, 0.29) is 11.9 Å². The molecular weight excluding hydrogens is 310 g/mol. The van der Waals surface area contributed by atoms with Crippen molar-refractivity contribution >= 4 is 11.6 Å². The Labute approximate surface area is 148 Å². The summed E-state index contributed by atoms with van der Waals surface area (Å²) in [5.74, 6) is 3.12. The number of nitrogens with zero attached hydrogens (tertiary/aromatic N) is 3. The SMILES string of the molecule is CC#CN1CCCC1C(=O)N1CCc2c(-c3ccncc3)cccc21. The molecule has 0 radical (unpaired) electrons. The second-order valence-electron chi connectivity index (χ2n) is 6.49. The molecule has 0 bridgehead atoms. The first-order valence-corrected chi connectivity index (χ1v) is 8.82. The zero-order chi connectivity index (χ0) is 17.2. The third kappa shape index (κ3) is 2.76. The molecule has 4 heteroatoms. The quantitative estimate of drug-likeness (QED) is 0.794. The highest BCUT2D eigenvalue weighted by molar-refractivity contribution is 6.00. The number of fused-ring (bicyclic) bond motifs is 1. The number of likely N-dealkylation sites (tertiary alicyclic amines) is 1. The number of hydrogen-bond acceptors (Lipinski definition) is 3. The molecule has 2 aromatic rings. The molecule has 1 amide bonds. The third-order valence-corrected chi connectivity index (χ3v) is 5.08. The van der Waals surface area contributed by atoms with E-state index >= 15 is 0 Å². The summed E-state index contributed by atoms with van der Waals surface area (Å²) < 4.78 is 0. The highest BCUT2D eigenvalue weighted by Gasteiger charge is 2.36. The summed E-state index contributed by atoms with van der Waals surface area (Å²) in [5.41, 5.74) is 4.66. The van der Waals surface area contributed by atoms with Gasteiger partial charge in [-0.15, -0.1) is 0 Å². The van der Waals surface area contributed by atoms with Gasteiger partial charge in [-0.2, -0.15) is 0 Å². The number of hydrogen-bond donors (Lipinski definition) is 0. The van der Waals surface area contributed by atoms with Crippen LogP contribution in [0.25, 0.3) is 11.1 Å². The lowest BCUT2D eigenvalue weighted by Crippen LogP contribution is -2.43. The zero-order valence-electron chi connectivity index (χ0n) is 14.4. The van der Waals surface area contributed by atoms with Crippen LogP contribution in [0.1, 0.15) is 25.3 Å². The van der Waals surface area contributed by atoms with Gasteiger partial charge in [0, 0.05) is 37.2 Å². The van der Waals surface area contributed by atoms with E-state index in [4.69, 9.17) is 0 Å². The molecule has 1 fully saturated rings. The highest BCUT2D eigenvalue weighted by Crippen LogP contribution is 2.37. The molecule has 0 saturated carbocycles. The van der Waals surface area contributed by atoms with E-state index in [1.54, 1.807) is 0 Å². The van der Waals surface area contributed by atoms with Gasteiger partial charge in [-0.25, -0.2) is 0 Å². The monoisotopic (exact) mass is 331 g/mol. The lowest BCUT2D eigenvalue weighted by atomic mass is 9.99. The first kappa shape index (κ1) is 15.7. The average Bonchev–Trinajstić information content (AvgIpc) is 3.29. The summed E-state index contributed by atoms with van der Waals surface area (Å²) in [5, 5.41) is 0. The summed E-state index contributed by atoms with van der Waals surface area (Å²) in [6, 6.07) is 13.3. The van der Waals surface area contributed by atoms with Gasteiger partial charge in [-0.3, -0.25) is 9.78 Å². The first-order valence-electron chi connectivity index (χ1n) is 8.82. The van der Waals surface area contributed by atoms with Crippen LogP contribution in [0.15, 0.2) is 42.7 Å². The van der Waals surface area contributed by atoms with Gasteiger partial charge >= 0.3 is 0 Å². The molecule has 4 nitrogen and oxygen atoms in total. The van der Waals surface area contributed by atoms with Crippen molar-refractivity contribution in [1.82, 2.24) is 9.88 Å². The van der Waals surface area contributed by atoms with Gasteiger partial charge in [0.15, 0.2) is 0 Å². The van der Waals surface area contributed by atoms with Gasteiger partial charge < -0.3 is 9.80 Å². The van der Waals surface area contributed by atoms with Gasteiger partial charge in [0.2, 0.25) is 5.91 Å². The topological polar surface area (TPSA) is 36.4 Å². The Bertz CT molecular complexity index is 850. The molecule has 1 aromatic carbocycles. The maximum Gasteiger partial charge on any atom is 0.250 e. The molecule has 0 aliphatic carbocycles. The Balaban J connectivity index is 1.66. The number of carbonyl (C=O) groups excluding carboxylic acids is 1. The maximum absolute atomic E-state index is 13.1. The molecule has 1 unspecified atom stereocenters. The van der Waals surface area contributed by atoms with Crippen LogP contribution >= 0.6 is 0 Å². The van der Waals surface area contributed by atoms with Crippen LogP contribution < -0.4 is 4.90 Å². The highest BCUT2D eigenvalue weighted by atomic mass is 16.2. The zero-order valence-corrected chi connectivity index (χ0v) is 14.4. The van der Waals surface area contributed by atoms with Gasteiger partial charge in [-0.05, 0) is 61.1 Å². The molecule has 3 heterocycles. The van der Waals surface area contributed by atoms with Crippen molar-refractivity contribution in [1.29, 1.82) is 0 Å². The maximum atomic E-state index is 13.1. The fourth-order valence-electron chi connectivity index (χ4n) is 3.95. The van der Waals surface area contributed by atoms with Crippen molar-refractivity contribution in [3.05, 3.63) is 48.3 Å². The molecule has 2 aliphatic heterocycles. The molecule has 0 spiro atoms. The van der Waals surface area contributed by atoms with Crippen molar-refractivity contribution in [2.75, 3.05) is 18.0 Å². The second kappa shape index (κ2) is 6.60. The van der Waals surface area contributed by atoms with Crippen molar-refractivity contribution in [2.45, 2.75) is 32.2 Å². The standard InChI is InChI=1S/C21H21N3O/c1-2-13-23-14-4-7-20(23)21(25)24-15-10-18-17(5-3-6-19(18)24)16-8-11-22-12-9-16/h3,5-6,8-9,11-12,20H,4,7,10,14-15H2,1H3. The van der Waals surface area contributed by atoms with Crippen molar-refractivity contribution < 1.29 is 4.79 Å². The Hall–Kier alpha value is -2.80. The summed E-state index contributed by atoms with van der Waals surface area (Å²) in [6.07, 6.45) is 6.44. The number of carbonyl (C=O) groups is 1. The van der Waals surface area contributed by atoms with Gasteiger partial charge in [0.1, 0.15) is 6.04 Å². The number of anilines is 1. The number of aromatic nitrogens is 1. The largest absolute Gasteiger partial charge is 0.320 e. The Morgan fingerprint density at radius 2 is 2.04 bits per heavy atom. The van der Waals surface area contributed by atoms with E-state index in [2.05, 4.69) is 29.1 Å². The number of amides is 1. The van der Waals surface area contributed by atoms with Crippen LogP contribution in [-0.2, 0) is 11.2 Å². The summed E-state index contributed by atoms with van der Waals surface area (Å²) >= 11 is 0. The van der Waals surface area contributed by atoms with E-state index < -0.39 is 0 Å². The molecular formula is C21H21N3O. The van der Waals surface area contributed by atoms with Crippen molar-refractivity contribution in [2.24, 2.45) is 0 Å². The minimum Gasteiger partial charge on any atom is -0.320 e. The minimum atomic E-state index is -0.108. The lowest BCUT2D eigenvalue weighted by molar-refractivity contribution is -0.121. The molecule has 0 N–H and O–H groups in total. The van der Waals surface area contributed by atoms with Crippen molar-refractivity contribution in [3.8, 4) is 23.1 Å². The van der Waals surface area contributed by atoms with Gasteiger partial charge in [0.25, 0.3) is 0 Å². The molecule has 1 atom stereocenters. The molecule has 4 rings (SSSR count). The molecule has 1 aromatic heterocycles. The summed E-state index contributed by atoms with van der Waals surface area (Å²) in [4.78, 5) is 21.2. The van der Waals surface area contributed by atoms with E-state index in [1.807, 2.05) is 47.3 Å². The molecule has 25 heavy (non-hydrogen) atoms. The Kier molecular flexibility index (Phi) is 4.15. The Morgan fingerprint density at radius 1 is 1.20 bits per heavy atom.